The number of amides is 1. The lowest BCUT2D eigenvalue weighted by atomic mass is 10.0. The molecule has 1 aromatic rings. The van der Waals surface area contributed by atoms with Crippen molar-refractivity contribution in [3.05, 3.63) is 29.8 Å². The summed E-state index contributed by atoms with van der Waals surface area (Å²) in [6.45, 7) is 5.48. The quantitative estimate of drug-likeness (QED) is 0.591. The van der Waals surface area contributed by atoms with E-state index in [1.807, 2.05) is 24.3 Å². The molecule has 0 bridgehead atoms. The number of sulfone groups is 1. The highest BCUT2D eigenvalue weighted by Gasteiger charge is 2.41. The third-order valence-corrected chi connectivity index (χ3v) is 6.73. The average Bonchev–Trinajstić information content (AvgIpc) is 3.27. The van der Waals surface area contributed by atoms with Crippen molar-refractivity contribution in [3.8, 4) is 6.07 Å². The van der Waals surface area contributed by atoms with Crippen molar-refractivity contribution in [3.63, 3.8) is 0 Å². The van der Waals surface area contributed by atoms with Crippen LogP contribution in [-0.4, -0.2) is 82.2 Å². The Labute approximate surface area is 178 Å². The number of carbonyl (C=O) groups is 1. The Morgan fingerprint density at radius 3 is 2.43 bits per heavy atom. The number of likely N-dealkylation sites (tertiary alicyclic amines) is 2. The Balaban J connectivity index is 1.29. The fraction of sp³-hybridized carbons (Fsp3) is 0.619. The number of rotatable bonds is 9. The molecule has 2 saturated heterocycles. The second kappa shape index (κ2) is 10.1. The van der Waals surface area contributed by atoms with E-state index in [0.717, 1.165) is 51.4 Å². The summed E-state index contributed by atoms with van der Waals surface area (Å²) >= 11 is 0. The molecule has 1 amide bonds. The van der Waals surface area contributed by atoms with Crippen LogP contribution in [0.3, 0.4) is 0 Å². The van der Waals surface area contributed by atoms with Gasteiger partial charge in [0.1, 0.15) is 9.84 Å². The molecule has 0 radical (unpaired) electrons. The van der Waals surface area contributed by atoms with E-state index < -0.39 is 9.84 Å². The third kappa shape index (κ3) is 6.61. The van der Waals surface area contributed by atoms with Crippen LogP contribution in [0.15, 0.2) is 24.3 Å². The van der Waals surface area contributed by atoms with Crippen LogP contribution in [0.1, 0.15) is 18.4 Å². The number of anilines is 1. The summed E-state index contributed by atoms with van der Waals surface area (Å²) in [5.74, 6) is 1.01. The molecule has 0 spiro atoms. The summed E-state index contributed by atoms with van der Waals surface area (Å²) in [6.07, 6.45) is 2.24. The Morgan fingerprint density at radius 1 is 1.17 bits per heavy atom. The molecule has 2 fully saturated rings. The molecule has 3 rings (SSSR count). The molecule has 2 aliphatic heterocycles. The molecule has 2 atom stereocenters. The summed E-state index contributed by atoms with van der Waals surface area (Å²) in [4.78, 5) is 16.4. The molecule has 2 aliphatic rings. The standard InChI is InChI=1S/C21H30N4O4S/c1-30(27,28)11-3-10-29-21(26)25-15-18-13-24(14-19(18)16-25)9-2-8-23-20-6-4-17(12-22)5-7-20/h4-7,18-19,23H,2-3,8-11,13-16H2,1H3. The first-order chi connectivity index (χ1) is 14.3. The summed E-state index contributed by atoms with van der Waals surface area (Å²) in [6, 6.07) is 9.59. The average molecular weight is 435 g/mol. The number of ether oxygens (including phenoxy) is 1. The number of carbonyl (C=O) groups excluding carboxylic acids is 1. The number of benzene rings is 1. The largest absolute Gasteiger partial charge is 0.449 e. The van der Waals surface area contributed by atoms with Gasteiger partial charge in [0.05, 0.1) is 24.0 Å². The van der Waals surface area contributed by atoms with Crippen LogP contribution >= 0.6 is 0 Å². The van der Waals surface area contributed by atoms with E-state index in [4.69, 9.17) is 10.00 Å². The van der Waals surface area contributed by atoms with Gasteiger partial charge < -0.3 is 19.9 Å². The van der Waals surface area contributed by atoms with Gasteiger partial charge in [0.2, 0.25) is 0 Å². The van der Waals surface area contributed by atoms with Crippen molar-refractivity contribution in [1.82, 2.24) is 9.80 Å². The number of hydrogen-bond acceptors (Lipinski definition) is 7. The monoisotopic (exact) mass is 434 g/mol. The van der Waals surface area contributed by atoms with Gasteiger partial charge in [-0.2, -0.15) is 5.26 Å². The van der Waals surface area contributed by atoms with Gasteiger partial charge in [-0.3, -0.25) is 0 Å². The highest BCUT2D eigenvalue weighted by molar-refractivity contribution is 7.90. The van der Waals surface area contributed by atoms with Crippen molar-refractivity contribution in [1.29, 1.82) is 5.26 Å². The van der Waals surface area contributed by atoms with E-state index in [9.17, 15) is 13.2 Å². The predicted octanol–water partition coefficient (Wildman–Crippen LogP) is 1.80. The van der Waals surface area contributed by atoms with Crippen molar-refractivity contribution in [2.24, 2.45) is 11.8 Å². The Hall–Kier alpha value is -2.31. The first-order valence-electron chi connectivity index (χ1n) is 10.4. The van der Waals surface area contributed by atoms with Crippen molar-refractivity contribution in [2.75, 3.05) is 63.2 Å². The molecule has 30 heavy (non-hydrogen) atoms. The van der Waals surface area contributed by atoms with Crippen LogP contribution in [-0.2, 0) is 14.6 Å². The normalized spacial score (nSPS) is 21.3. The van der Waals surface area contributed by atoms with Crippen molar-refractivity contribution >= 4 is 21.6 Å². The molecule has 9 heteroatoms. The van der Waals surface area contributed by atoms with Crippen LogP contribution in [0.25, 0.3) is 0 Å². The fourth-order valence-electron chi connectivity index (χ4n) is 4.19. The minimum absolute atomic E-state index is 0.0422. The van der Waals surface area contributed by atoms with Gasteiger partial charge in [0, 0.05) is 44.7 Å². The number of nitriles is 1. The highest BCUT2D eigenvalue weighted by atomic mass is 32.2. The molecule has 0 aliphatic carbocycles. The lowest BCUT2D eigenvalue weighted by molar-refractivity contribution is 0.106. The summed E-state index contributed by atoms with van der Waals surface area (Å²) in [5, 5.41) is 12.2. The van der Waals surface area contributed by atoms with Gasteiger partial charge in [0.25, 0.3) is 0 Å². The van der Waals surface area contributed by atoms with Gasteiger partial charge in [-0.1, -0.05) is 0 Å². The smallest absolute Gasteiger partial charge is 0.409 e. The zero-order valence-corrected chi connectivity index (χ0v) is 18.2. The van der Waals surface area contributed by atoms with Crippen LogP contribution < -0.4 is 5.32 Å². The summed E-state index contributed by atoms with van der Waals surface area (Å²) in [5.41, 5.74) is 1.69. The minimum atomic E-state index is -3.01. The SMILES string of the molecule is CS(=O)(=O)CCCOC(=O)N1CC2CN(CCCNc3ccc(C#N)cc3)CC2C1. The second-order valence-electron chi connectivity index (χ2n) is 8.25. The summed E-state index contributed by atoms with van der Waals surface area (Å²) < 4.78 is 27.5. The number of nitrogens with zero attached hydrogens (tertiary/aromatic N) is 3. The number of hydrogen-bond donors (Lipinski definition) is 1. The minimum Gasteiger partial charge on any atom is -0.449 e. The Kier molecular flexibility index (Phi) is 7.56. The predicted molar refractivity (Wildman–Crippen MR) is 115 cm³/mol. The molecule has 1 aromatic carbocycles. The van der Waals surface area contributed by atoms with Crippen molar-refractivity contribution in [2.45, 2.75) is 12.8 Å². The van der Waals surface area contributed by atoms with Crippen molar-refractivity contribution < 1.29 is 17.9 Å². The second-order valence-corrected chi connectivity index (χ2v) is 10.5. The summed E-state index contributed by atoms with van der Waals surface area (Å²) in [7, 11) is -3.01. The van der Waals surface area contributed by atoms with Gasteiger partial charge in [0.15, 0.2) is 0 Å². The number of fused-ring (bicyclic) bond motifs is 1. The maximum absolute atomic E-state index is 12.2. The van der Waals surface area contributed by atoms with E-state index in [1.165, 1.54) is 6.26 Å². The molecule has 164 valence electrons. The maximum Gasteiger partial charge on any atom is 0.409 e. The van der Waals surface area contributed by atoms with Gasteiger partial charge in [-0.25, -0.2) is 13.2 Å². The first kappa shape index (κ1) is 22.4. The van der Waals surface area contributed by atoms with Gasteiger partial charge in [-0.15, -0.1) is 0 Å². The Bertz CT molecular complexity index is 852. The third-order valence-electron chi connectivity index (χ3n) is 5.70. The molecule has 8 nitrogen and oxygen atoms in total. The number of nitrogens with one attached hydrogen (secondary N) is 1. The molecular formula is C21H30N4O4S. The van der Waals surface area contributed by atoms with Crippen LogP contribution in [0.2, 0.25) is 0 Å². The maximum atomic E-state index is 12.2. The molecule has 1 N–H and O–H groups in total. The lowest BCUT2D eigenvalue weighted by Crippen LogP contribution is -2.34. The molecule has 0 saturated carbocycles. The fourth-order valence-corrected chi connectivity index (χ4v) is 4.83. The zero-order chi connectivity index (χ0) is 21.6. The molecule has 0 aromatic heterocycles. The Morgan fingerprint density at radius 2 is 1.83 bits per heavy atom. The van der Waals surface area contributed by atoms with E-state index in [-0.39, 0.29) is 18.5 Å². The molecule has 2 heterocycles. The van der Waals surface area contributed by atoms with Crippen LogP contribution in [0.5, 0.6) is 0 Å². The topological polar surface area (TPSA) is 103 Å². The van der Waals surface area contributed by atoms with E-state index >= 15 is 0 Å². The van der Waals surface area contributed by atoms with Crippen LogP contribution in [0, 0.1) is 23.2 Å². The highest BCUT2D eigenvalue weighted by Crippen LogP contribution is 2.31. The zero-order valence-electron chi connectivity index (χ0n) is 17.4. The molecular weight excluding hydrogens is 404 g/mol. The van der Waals surface area contributed by atoms with E-state index in [1.54, 1.807) is 4.90 Å². The molecule has 2 unspecified atom stereocenters. The van der Waals surface area contributed by atoms with Crippen LogP contribution in [0.4, 0.5) is 10.5 Å². The van der Waals surface area contributed by atoms with E-state index in [0.29, 0.717) is 23.8 Å². The van der Waals surface area contributed by atoms with Gasteiger partial charge >= 0.3 is 6.09 Å². The van der Waals surface area contributed by atoms with Gasteiger partial charge in [-0.05, 0) is 55.5 Å². The lowest BCUT2D eigenvalue weighted by Gasteiger charge is -2.21. The first-order valence-corrected chi connectivity index (χ1v) is 12.5. The van der Waals surface area contributed by atoms with E-state index in [2.05, 4.69) is 16.3 Å².